The number of nitrogens with zero attached hydrogens (tertiary/aromatic N) is 5. The van der Waals surface area contributed by atoms with E-state index in [1.807, 2.05) is 29.2 Å². The summed E-state index contributed by atoms with van der Waals surface area (Å²) < 4.78 is 10.8. The number of anilines is 1. The standard InChI is InChI=1S/C21H24N6O3/c1-29-18-11-16-17(12-19(18)30-2)24-14-25-20(16)26-7-9-27(10-8-26)21(28)23-13-15-3-5-22-6-4-15/h3-6,11-12,14H,7-10,13H2,1-2H3,(H,23,28). The van der Waals surface area contributed by atoms with Gasteiger partial charge in [-0.3, -0.25) is 4.98 Å². The Bertz CT molecular complexity index is 1020. The normalized spacial score (nSPS) is 13.9. The molecule has 0 unspecified atom stereocenters. The summed E-state index contributed by atoms with van der Waals surface area (Å²) in [5.41, 5.74) is 1.81. The van der Waals surface area contributed by atoms with Gasteiger partial charge in [-0.15, -0.1) is 0 Å². The molecule has 3 heterocycles. The number of hydrogen-bond donors (Lipinski definition) is 1. The Balaban J connectivity index is 1.43. The van der Waals surface area contributed by atoms with Crippen LogP contribution >= 0.6 is 0 Å². The maximum Gasteiger partial charge on any atom is 0.317 e. The summed E-state index contributed by atoms with van der Waals surface area (Å²) >= 11 is 0. The maximum absolute atomic E-state index is 12.5. The Labute approximate surface area is 174 Å². The van der Waals surface area contributed by atoms with Crippen LogP contribution in [0.2, 0.25) is 0 Å². The van der Waals surface area contributed by atoms with Crippen molar-refractivity contribution in [1.82, 2.24) is 25.2 Å². The van der Waals surface area contributed by atoms with E-state index < -0.39 is 0 Å². The Morgan fingerprint density at radius 3 is 2.43 bits per heavy atom. The lowest BCUT2D eigenvalue weighted by Gasteiger charge is -2.35. The summed E-state index contributed by atoms with van der Waals surface area (Å²) in [4.78, 5) is 29.4. The first-order valence-electron chi connectivity index (χ1n) is 9.73. The van der Waals surface area contributed by atoms with E-state index in [1.165, 1.54) is 0 Å². The Hall–Kier alpha value is -3.62. The zero-order valence-electron chi connectivity index (χ0n) is 17.0. The number of nitrogens with one attached hydrogen (secondary N) is 1. The molecule has 0 radical (unpaired) electrons. The van der Waals surface area contributed by atoms with Crippen molar-refractivity contribution in [2.24, 2.45) is 0 Å². The summed E-state index contributed by atoms with van der Waals surface area (Å²) in [5, 5.41) is 3.86. The van der Waals surface area contributed by atoms with Gasteiger partial charge in [-0.25, -0.2) is 14.8 Å². The van der Waals surface area contributed by atoms with Crippen molar-refractivity contribution < 1.29 is 14.3 Å². The predicted octanol–water partition coefficient (Wildman–Crippen LogP) is 2.07. The first-order valence-corrected chi connectivity index (χ1v) is 9.73. The third-order valence-corrected chi connectivity index (χ3v) is 5.18. The number of hydrogen-bond acceptors (Lipinski definition) is 7. The SMILES string of the molecule is COc1cc2ncnc(N3CCN(C(=O)NCc4ccncc4)CC3)c2cc1OC. The number of urea groups is 1. The molecule has 156 valence electrons. The van der Waals surface area contributed by atoms with E-state index in [1.54, 1.807) is 32.9 Å². The molecule has 1 fully saturated rings. The second-order valence-corrected chi connectivity index (χ2v) is 6.91. The van der Waals surface area contributed by atoms with Crippen LogP contribution in [0.15, 0.2) is 43.0 Å². The van der Waals surface area contributed by atoms with Crippen molar-refractivity contribution in [1.29, 1.82) is 0 Å². The van der Waals surface area contributed by atoms with Crippen LogP contribution in [0.3, 0.4) is 0 Å². The lowest BCUT2D eigenvalue weighted by Crippen LogP contribution is -2.52. The van der Waals surface area contributed by atoms with Gasteiger partial charge in [0.1, 0.15) is 12.1 Å². The number of carbonyl (C=O) groups is 1. The minimum Gasteiger partial charge on any atom is -0.493 e. The second kappa shape index (κ2) is 8.81. The van der Waals surface area contributed by atoms with E-state index in [2.05, 4.69) is 25.2 Å². The van der Waals surface area contributed by atoms with Gasteiger partial charge in [0.05, 0.1) is 19.7 Å². The van der Waals surface area contributed by atoms with Crippen LogP contribution < -0.4 is 19.7 Å². The molecule has 3 aromatic rings. The number of piperazine rings is 1. The van der Waals surface area contributed by atoms with Crippen molar-refractivity contribution in [3.05, 3.63) is 48.5 Å². The number of rotatable bonds is 5. The zero-order valence-corrected chi connectivity index (χ0v) is 17.0. The number of aromatic nitrogens is 3. The van der Waals surface area contributed by atoms with Crippen LogP contribution in [-0.4, -0.2) is 66.3 Å². The summed E-state index contributed by atoms with van der Waals surface area (Å²) in [6.07, 6.45) is 4.99. The number of fused-ring (bicyclic) bond motifs is 1. The molecular formula is C21H24N6O3. The quantitative estimate of drug-likeness (QED) is 0.691. The number of pyridine rings is 1. The highest BCUT2D eigenvalue weighted by Gasteiger charge is 2.23. The van der Waals surface area contributed by atoms with E-state index in [0.717, 1.165) is 22.3 Å². The smallest absolute Gasteiger partial charge is 0.317 e. The number of ether oxygens (including phenoxy) is 2. The molecule has 1 saturated heterocycles. The molecule has 9 nitrogen and oxygen atoms in total. The molecule has 0 bridgehead atoms. The molecular weight excluding hydrogens is 384 g/mol. The van der Waals surface area contributed by atoms with Gasteiger partial charge < -0.3 is 24.6 Å². The van der Waals surface area contributed by atoms with Gasteiger partial charge in [-0.2, -0.15) is 0 Å². The molecule has 30 heavy (non-hydrogen) atoms. The molecule has 2 amide bonds. The molecule has 0 saturated carbocycles. The number of amides is 2. The molecule has 0 atom stereocenters. The molecule has 9 heteroatoms. The van der Waals surface area contributed by atoms with Crippen molar-refractivity contribution in [2.45, 2.75) is 6.54 Å². The van der Waals surface area contributed by atoms with Crippen LogP contribution in [0, 0.1) is 0 Å². The fourth-order valence-corrected chi connectivity index (χ4v) is 3.53. The number of benzene rings is 1. The largest absolute Gasteiger partial charge is 0.493 e. The van der Waals surface area contributed by atoms with Crippen LogP contribution in [0.1, 0.15) is 5.56 Å². The third-order valence-electron chi connectivity index (χ3n) is 5.18. The van der Waals surface area contributed by atoms with Gasteiger partial charge in [-0.05, 0) is 23.8 Å². The molecule has 0 spiro atoms. The van der Waals surface area contributed by atoms with Crippen LogP contribution in [0.25, 0.3) is 10.9 Å². The van der Waals surface area contributed by atoms with Crippen LogP contribution in [0.4, 0.5) is 10.6 Å². The minimum absolute atomic E-state index is 0.0644. The lowest BCUT2D eigenvalue weighted by molar-refractivity contribution is 0.194. The number of methoxy groups -OCH3 is 2. The molecule has 1 aliphatic rings. The summed E-state index contributed by atoms with van der Waals surface area (Å²) in [6, 6.07) is 7.47. The lowest BCUT2D eigenvalue weighted by atomic mass is 10.2. The summed E-state index contributed by atoms with van der Waals surface area (Å²) in [5.74, 6) is 2.10. The third kappa shape index (κ3) is 4.05. The van der Waals surface area contributed by atoms with E-state index in [0.29, 0.717) is 44.2 Å². The fraction of sp³-hybridized carbons (Fsp3) is 0.333. The van der Waals surface area contributed by atoms with Gasteiger partial charge in [-0.1, -0.05) is 0 Å². The van der Waals surface area contributed by atoms with Crippen LogP contribution in [0.5, 0.6) is 11.5 Å². The van der Waals surface area contributed by atoms with Gasteiger partial charge in [0.25, 0.3) is 0 Å². The van der Waals surface area contributed by atoms with Gasteiger partial charge in [0, 0.05) is 56.6 Å². The minimum atomic E-state index is -0.0644. The Kier molecular flexibility index (Phi) is 5.78. The van der Waals surface area contributed by atoms with Crippen LogP contribution in [-0.2, 0) is 6.54 Å². The molecule has 1 aliphatic heterocycles. The predicted molar refractivity (Wildman–Crippen MR) is 113 cm³/mol. The molecule has 1 N–H and O–H groups in total. The topological polar surface area (TPSA) is 92.7 Å². The average Bonchev–Trinajstić information content (AvgIpc) is 2.82. The summed E-state index contributed by atoms with van der Waals surface area (Å²) in [7, 11) is 3.21. The highest BCUT2D eigenvalue weighted by molar-refractivity contribution is 5.92. The molecule has 4 rings (SSSR count). The first-order chi connectivity index (χ1) is 14.7. The van der Waals surface area contributed by atoms with Gasteiger partial charge >= 0.3 is 6.03 Å². The highest BCUT2D eigenvalue weighted by Crippen LogP contribution is 2.34. The van der Waals surface area contributed by atoms with Crippen molar-refractivity contribution in [2.75, 3.05) is 45.3 Å². The average molecular weight is 408 g/mol. The monoisotopic (exact) mass is 408 g/mol. The summed E-state index contributed by atoms with van der Waals surface area (Å²) in [6.45, 7) is 3.08. The maximum atomic E-state index is 12.5. The Morgan fingerprint density at radius 1 is 1.03 bits per heavy atom. The number of carbonyl (C=O) groups excluding carboxylic acids is 1. The van der Waals surface area contributed by atoms with E-state index in [-0.39, 0.29) is 6.03 Å². The highest BCUT2D eigenvalue weighted by atomic mass is 16.5. The van der Waals surface area contributed by atoms with E-state index >= 15 is 0 Å². The van der Waals surface area contributed by atoms with Crippen molar-refractivity contribution in [3.63, 3.8) is 0 Å². The molecule has 1 aromatic carbocycles. The van der Waals surface area contributed by atoms with Gasteiger partial charge in [0.15, 0.2) is 11.5 Å². The van der Waals surface area contributed by atoms with E-state index in [9.17, 15) is 4.79 Å². The zero-order chi connectivity index (χ0) is 20.9. The fourth-order valence-electron chi connectivity index (χ4n) is 3.53. The Morgan fingerprint density at radius 2 is 1.73 bits per heavy atom. The first kappa shape index (κ1) is 19.7. The molecule has 0 aliphatic carbocycles. The molecule has 2 aromatic heterocycles. The van der Waals surface area contributed by atoms with E-state index in [4.69, 9.17) is 9.47 Å². The van der Waals surface area contributed by atoms with Crippen molar-refractivity contribution >= 4 is 22.8 Å². The van der Waals surface area contributed by atoms with Crippen molar-refractivity contribution in [3.8, 4) is 11.5 Å². The second-order valence-electron chi connectivity index (χ2n) is 6.91. The van der Waals surface area contributed by atoms with Gasteiger partial charge in [0.2, 0.25) is 0 Å².